The lowest BCUT2D eigenvalue weighted by Crippen LogP contribution is -2.08. The second kappa shape index (κ2) is 11.5. The van der Waals surface area contributed by atoms with Crippen molar-refractivity contribution >= 4 is 0 Å². The molecule has 16 heavy (non-hydrogen) atoms. The smallest absolute Gasteiger partial charge is 0.0326 e. The first kappa shape index (κ1) is 16.0. The summed E-state index contributed by atoms with van der Waals surface area (Å²) in [5.74, 6) is 1.73. The van der Waals surface area contributed by atoms with E-state index in [1.807, 2.05) is 0 Å². The van der Waals surface area contributed by atoms with Gasteiger partial charge in [0.2, 0.25) is 0 Å². The van der Waals surface area contributed by atoms with E-state index in [1.165, 1.54) is 57.8 Å². The van der Waals surface area contributed by atoms with Crippen LogP contribution in [0.4, 0.5) is 0 Å². The SMILES string of the molecule is CCCCC(C)[CH]C(CCCC)CCCC. The molecule has 0 saturated heterocycles. The molecule has 0 aliphatic carbocycles. The quantitative estimate of drug-likeness (QED) is 0.404. The van der Waals surface area contributed by atoms with Crippen molar-refractivity contribution in [2.75, 3.05) is 0 Å². The third-order valence-electron chi connectivity index (χ3n) is 3.47. The second-order valence-electron chi connectivity index (χ2n) is 5.36. The van der Waals surface area contributed by atoms with Crippen molar-refractivity contribution in [2.24, 2.45) is 11.8 Å². The van der Waals surface area contributed by atoms with Gasteiger partial charge in [0.05, 0.1) is 0 Å². The molecule has 0 aliphatic heterocycles. The largest absolute Gasteiger partial charge is 0.0654 e. The van der Waals surface area contributed by atoms with Gasteiger partial charge in [-0.3, -0.25) is 0 Å². The van der Waals surface area contributed by atoms with Gasteiger partial charge in [-0.25, -0.2) is 0 Å². The molecule has 0 N–H and O–H groups in total. The Morgan fingerprint density at radius 2 is 1.19 bits per heavy atom. The summed E-state index contributed by atoms with van der Waals surface area (Å²) in [6.07, 6.45) is 15.1. The maximum absolute atomic E-state index is 2.65. The monoisotopic (exact) mass is 225 g/mol. The van der Waals surface area contributed by atoms with E-state index in [2.05, 4.69) is 34.1 Å². The minimum absolute atomic E-state index is 0.832. The molecule has 0 fully saturated rings. The van der Waals surface area contributed by atoms with Gasteiger partial charge in [0.15, 0.2) is 0 Å². The fourth-order valence-electron chi connectivity index (χ4n) is 2.36. The fraction of sp³-hybridized carbons (Fsp3) is 0.938. The average Bonchev–Trinajstić information content (AvgIpc) is 2.30. The van der Waals surface area contributed by atoms with Crippen molar-refractivity contribution in [3.63, 3.8) is 0 Å². The van der Waals surface area contributed by atoms with Gasteiger partial charge in [0.25, 0.3) is 0 Å². The molecule has 0 amide bonds. The molecule has 0 heterocycles. The van der Waals surface area contributed by atoms with Gasteiger partial charge in [-0.05, 0) is 18.3 Å². The fourth-order valence-corrected chi connectivity index (χ4v) is 2.36. The van der Waals surface area contributed by atoms with Crippen LogP contribution in [-0.4, -0.2) is 0 Å². The van der Waals surface area contributed by atoms with Crippen molar-refractivity contribution in [3.05, 3.63) is 6.42 Å². The minimum Gasteiger partial charge on any atom is -0.0654 e. The Morgan fingerprint density at radius 1 is 0.750 bits per heavy atom. The molecule has 0 aromatic rings. The van der Waals surface area contributed by atoms with E-state index in [1.54, 1.807) is 0 Å². The van der Waals surface area contributed by atoms with Crippen LogP contribution in [0.1, 0.15) is 85.5 Å². The second-order valence-corrected chi connectivity index (χ2v) is 5.36. The molecular weight excluding hydrogens is 192 g/mol. The minimum atomic E-state index is 0.832. The Kier molecular flexibility index (Phi) is 11.5. The first-order chi connectivity index (χ1) is 7.74. The van der Waals surface area contributed by atoms with Gasteiger partial charge in [0.1, 0.15) is 0 Å². The van der Waals surface area contributed by atoms with E-state index in [0.717, 1.165) is 11.8 Å². The summed E-state index contributed by atoms with van der Waals surface area (Å²) in [6.45, 7) is 9.30. The van der Waals surface area contributed by atoms with Crippen LogP contribution in [0, 0.1) is 18.3 Å². The van der Waals surface area contributed by atoms with E-state index >= 15 is 0 Å². The van der Waals surface area contributed by atoms with E-state index in [-0.39, 0.29) is 0 Å². The van der Waals surface area contributed by atoms with Gasteiger partial charge in [-0.2, -0.15) is 0 Å². The lowest BCUT2D eigenvalue weighted by Gasteiger charge is -2.20. The summed E-state index contributed by atoms with van der Waals surface area (Å²) < 4.78 is 0. The summed E-state index contributed by atoms with van der Waals surface area (Å²) in [4.78, 5) is 0. The average molecular weight is 225 g/mol. The summed E-state index contributed by atoms with van der Waals surface area (Å²) in [5.41, 5.74) is 0. The van der Waals surface area contributed by atoms with Crippen LogP contribution in [0.15, 0.2) is 0 Å². The number of hydrogen-bond acceptors (Lipinski definition) is 0. The van der Waals surface area contributed by atoms with Crippen LogP contribution in [0.5, 0.6) is 0 Å². The lowest BCUT2D eigenvalue weighted by molar-refractivity contribution is 0.411. The maximum atomic E-state index is 2.65. The van der Waals surface area contributed by atoms with E-state index in [0.29, 0.717) is 0 Å². The van der Waals surface area contributed by atoms with Gasteiger partial charge >= 0.3 is 0 Å². The molecule has 1 unspecified atom stereocenters. The summed E-state index contributed by atoms with van der Waals surface area (Å²) in [7, 11) is 0. The molecule has 0 spiro atoms. The predicted molar refractivity (Wildman–Crippen MR) is 75.5 cm³/mol. The molecule has 0 saturated carbocycles. The highest BCUT2D eigenvalue weighted by Gasteiger charge is 2.12. The summed E-state index contributed by atoms with van der Waals surface area (Å²) in [6, 6.07) is 0. The van der Waals surface area contributed by atoms with Crippen LogP contribution in [0.25, 0.3) is 0 Å². The standard InChI is InChI=1S/C16H33/c1-5-8-11-15(4)14-16(12-9-6-2)13-10-7-3/h14-16H,5-13H2,1-4H3. The summed E-state index contributed by atoms with van der Waals surface area (Å²) in [5, 5.41) is 0. The molecule has 97 valence electrons. The van der Waals surface area contributed by atoms with Gasteiger partial charge in [-0.15, -0.1) is 0 Å². The molecule has 0 aliphatic rings. The van der Waals surface area contributed by atoms with Crippen LogP contribution in [0.3, 0.4) is 0 Å². The molecule has 0 aromatic heterocycles. The van der Waals surface area contributed by atoms with Gasteiger partial charge < -0.3 is 0 Å². The zero-order valence-corrected chi connectivity index (χ0v) is 12.1. The predicted octanol–water partition coefficient (Wildman–Crippen LogP) is 6.01. The van der Waals surface area contributed by atoms with Crippen LogP contribution >= 0.6 is 0 Å². The van der Waals surface area contributed by atoms with Gasteiger partial charge in [0, 0.05) is 0 Å². The van der Waals surface area contributed by atoms with Crippen molar-refractivity contribution in [1.82, 2.24) is 0 Å². The molecule has 0 nitrogen and oxygen atoms in total. The molecule has 1 atom stereocenters. The Morgan fingerprint density at radius 3 is 1.62 bits per heavy atom. The molecule has 0 rings (SSSR count). The molecule has 0 bridgehead atoms. The maximum Gasteiger partial charge on any atom is -0.0326 e. The molecular formula is C16H33. The van der Waals surface area contributed by atoms with E-state index in [9.17, 15) is 0 Å². The van der Waals surface area contributed by atoms with Crippen molar-refractivity contribution in [2.45, 2.75) is 85.5 Å². The third-order valence-corrected chi connectivity index (χ3v) is 3.47. The zero-order chi connectivity index (χ0) is 12.2. The van der Waals surface area contributed by atoms with E-state index < -0.39 is 0 Å². The van der Waals surface area contributed by atoms with Gasteiger partial charge in [-0.1, -0.05) is 85.5 Å². The van der Waals surface area contributed by atoms with Crippen molar-refractivity contribution in [3.8, 4) is 0 Å². The molecule has 1 radical (unpaired) electrons. The van der Waals surface area contributed by atoms with Crippen LogP contribution < -0.4 is 0 Å². The number of rotatable bonds is 11. The third kappa shape index (κ3) is 9.24. The Hall–Kier alpha value is 0. The van der Waals surface area contributed by atoms with Crippen molar-refractivity contribution in [1.29, 1.82) is 0 Å². The topological polar surface area (TPSA) is 0 Å². The number of unbranched alkanes of at least 4 members (excludes halogenated alkanes) is 3. The van der Waals surface area contributed by atoms with Crippen LogP contribution in [-0.2, 0) is 0 Å². The van der Waals surface area contributed by atoms with Crippen LogP contribution in [0.2, 0.25) is 0 Å². The highest BCUT2D eigenvalue weighted by molar-refractivity contribution is 4.81. The molecule has 0 heteroatoms. The Labute approximate surface area is 104 Å². The highest BCUT2D eigenvalue weighted by Crippen LogP contribution is 2.25. The Balaban J connectivity index is 3.78. The van der Waals surface area contributed by atoms with E-state index in [4.69, 9.17) is 0 Å². The zero-order valence-electron chi connectivity index (χ0n) is 12.1. The number of hydrogen-bond donors (Lipinski definition) is 0. The lowest BCUT2D eigenvalue weighted by atomic mass is 9.86. The Bertz CT molecular complexity index is 120. The summed E-state index contributed by atoms with van der Waals surface area (Å²) >= 11 is 0. The normalized spacial score (nSPS) is 13.3. The first-order valence-electron chi connectivity index (χ1n) is 7.59. The van der Waals surface area contributed by atoms with Crippen molar-refractivity contribution < 1.29 is 0 Å². The molecule has 0 aromatic carbocycles. The first-order valence-corrected chi connectivity index (χ1v) is 7.59. The highest BCUT2D eigenvalue weighted by atomic mass is 14.2.